The van der Waals surface area contributed by atoms with E-state index in [2.05, 4.69) is 17.6 Å². The standard InChI is InChI=1S/C18H29N3O3S/c1-13-5-8-15(9-6-13)20-18(22)12-19-17-11-16(10-7-14(17)2)25(23,24)21(3)4/h7,10-11,13,15,19H,5-6,8-9,12H2,1-4H3,(H,20,22). The number of carbonyl (C=O) groups excluding carboxylic acids is 1. The van der Waals surface area contributed by atoms with Crippen LogP contribution in [-0.4, -0.2) is 45.3 Å². The van der Waals surface area contributed by atoms with E-state index in [1.807, 2.05) is 6.92 Å². The Morgan fingerprint density at radius 3 is 2.44 bits per heavy atom. The highest BCUT2D eigenvalue weighted by molar-refractivity contribution is 7.89. The maximum Gasteiger partial charge on any atom is 0.242 e. The molecule has 0 unspecified atom stereocenters. The number of sulfonamides is 1. The fourth-order valence-electron chi connectivity index (χ4n) is 3.02. The molecule has 1 aliphatic rings. The van der Waals surface area contributed by atoms with Crippen molar-refractivity contribution in [2.75, 3.05) is 26.0 Å². The lowest BCUT2D eigenvalue weighted by Crippen LogP contribution is -2.40. The molecule has 0 aliphatic heterocycles. The maximum atomic E-state index is 12.2. The molecule has 1 amide bonds. The van der Waals surface area contributed by atoms with E-state index in [4.69, 9.17) is 0 Å². The third-order valence-electron chi connectivity index (χ3n) is 4.81. The third-order valence-corrected chi connectivity index (χ3v) is 6.62. The molecule has 1 aromatic carbocycles. The summed E-state index contributed by atoms with van der Waals surface area (Å²) in [6, 6.07) is 5.17. The summed E-state index contributed by atoms with van der Waals surface area (Å²) in [5.74, 6) is 0.690. The van der Waals surface area contributed by atoms with E-state index in [1.54, 1.807) is 18.2 Å². The molecule has 0 spiro atoms. The van der Waals surface area contributed by atoms with Crippen molar-refractivity contribution in [3.8, 4) is 0 Å². The second kappa shape index (κ2) is 8.19. The molecule has 1 fully saturated rings. The number of nitrogens with one attached hydrogen (secondary N) is 2. The monoisotopic (exact) mass is 367 g/mol. The van der Waals surface area contributed by atoms with Gasteiger partial charge in [-0.2, -0.15) is 0 Å². The summed E-state index contributed by atoms with van der Waals surface area (Å²) in [4.78, 5) is 12.4. The molecule has 0 bridgehead atoms. The van der Waals surface area contributed by atoms with Gasteiger partial charge in [-0.1, -0.05) is 13.0 Å². The minimum absolute atomic E-state index is 0.0557. The molecule has 1 aromatic rings. The van der Waals surface area contributed by atoms with Crippen LogP contribution in [0, 0.1) is 12.8 Å². The number of nitrogens with zero attached hydrogens (tertiary/aromatic N) is 1. The normalized spacial score (nSPS) is 21.2. The Morgan fingerprint density at radius 1 is 1.20 bits per heavy atom. The predicted molar refractivity (Wildman–Crippen MR) is 100 cm³/mol. The van der Waals surface area contributed by atoms with E-state index in [0.29, 0.717) is 5.69 Å². The summed E-state index contributed by atoms with van der Waals surface area (Å²) < 4.78 is 25.7. The summed E-state index contributed by atoms with van der Waals surface area (Å²) in [5, 5.41) is 6.13. The van der Waals surface area contributed by atoms with Gasteiger partial charge in [0, 0.05) is 25.8 Å². The first-order chi connectivity index (χ1) is 11.7. The van der Waals surface area contributed by atoms with Crippen LogP contribution in [0.25, 0.3) is 0 Å². The summed E-state index contributed by atoms with van der Waals surface area (Å²) in [5.41, 5.74) is 1.56. The lowest BCUT2D eigenvalue weighted by atomic mass is 9.87. The molecule has 0 atom stereocenters. The maximum absolute atomic E-state index is 12.2. The summed E-state index contributed by atoms with van der Waals surface area (Å²) in [6.07, 6.45) is 4.37. The molecule has 25 heavy (non-hydrogen) atoms. The highest BCUT2D eigenvalue weighted by Gasteiger charge is 2.20. The third kappa shape index (κ3) is 5.19. The van der Waals surface area contributed by atoms with E-state index >= 15 is 0 Å². The van der Waals surface area contributed by atoms with E-state index in [9.17, 15) is 13.2 Å². The SMILES string of the molecule is Cc1ccc(S(=O)(=O)N(C)C)cc1NCC(=O)NC1CCC(C)CC1. The van der Waals surface area contributed by atoms with Crippen molar-refractivity contribution in [3.63, 3.8) is 0 Å². The number of hydrogen-bond acceptors (Lipinski definition) is 4. The van der Waals surface area contributed by atoms with Gasteiger partial charge in [0.05, 0.1) is 11.4 Å². The topological polar surface area (TPSA) is 78.5 Å². The largest absolute Gasteiger partial charge is 0.376 e. The zero-order valence-corrected chi connectivity index (χ0v) is 16.3. The van der Waals surface area contributed by atoms with E-state index < -0.39 is 10.0 Å². The van der Waals surface area contributed by atoms with Gasteiger partial charge in [-0.25, -0.2) is 12.7 Å². The molecule has 1 aliphatic carbocycles. The first kappa shape index (κ1) is 19.7. The van der Waals surface area contributed by atoms with Gasteiger partial charge in [0.15, 0.2) is 0 Å². The van der Waals surface area contributed by atoms with Crippen molar-refractivity contribution in [2.24, 2.45) is 5.92 Å². The first-order valence-electron chi connectivity index (χ1n) is 8.76. The van der Waals surface area contributed by atoms with Gasteiger partial charge in [0.1, 0.15) is 0 Å². The van der Waals surface area contributed by atoms with Crippen LogP contribution in [0.2, 0.25) is 0 Å². The van der Waals surface area contributed by atoms with Gasteiger partial charge < -0.3 is 10.6 Å². The molecular weight excluding hydrogens is 338 g/mol. The number of rotatable bonds is 6. The molecule has 140 valence electrons. The van der Waals surface area contributed by atoms with Crippen LogP contribution in [0.4, 0.5) is 5.69 Å². The number of hydrogen-bond donors (Lipinski definition) is 2. The van der Waals surface area contributed by atoms with Crippen LogP contribution in [0.5, 0.6) is 0 Å². The van der Waals surface area contributed by atoms with Crippen molar-refractivity contribution >= 4 is 21.6 Å². The molecule has 1 saturated carbocycles. The van der Waals surface area contributed by atoms with Crippen LogP contribution < -0.4 is 10.6 Å². The number of aryl methyl sites for hydroxylation is 1. The molecule has 2 rings (SSSR count). The lowest BCUT2D eigenvalue weighted by Gasteiger charge is -2.27. The van der Waals surface area contributed by atoms with Crippen molar-refractivity contribution in [1.82, 2.24) is 9.62 Å². The number of benzene rings is 1. The molecule has 6 nitrogen and oxygen atoms in total. The van der Waals surface area contributed by atoms with Crippen LogP contribution in [0.1, 0.15) is 38.2 Å². The minimum atomic E-state index is -3.49. The minimum Gasteiger partial charge on any atom is -0.376 e. The molecule has 2 N–H and O–H groups in total. The second-order valence-electron chi connectivity index (χ2n) is 7.14. The van der Waals surface area contributed by atoms with E-state index in [1.165, 1.54) is 18.4 Å². The quantitative estimate of drug-likeness (QED) is 0.809. The van der Waals surface area contributed by atoms with Crippen LogP contribution in [-0.2, 0) is 14.8 Å². The first-order valence-corrected chi connectivity index (χ1v) is 10.2. The number of carbonyl (C=O) groups is 1. The zero-order valence-electron chi connectivity index (χ0n) is 15.5. The van der Waals surface area contributed by atoms with Crippen LogP contribution in [0.15, 0.2) is 23.1 Å². The summed E-state index contributed by atoms with van der Waals surface area (Å²) in [7, 11) is -0.488. The summed E-state index contributed by atoms with van der Waals surface area (Å²) in [6.45, 7) is 4.27. The van der Waals surface area contributed by atoms with Gasteiger partial charge in [-0.3, -0.25) is 4.79 Å². The Morgan fingerprint density at radius 2 is 1.84 bits per heavy atom. The van der Waals surface area contributed by atoms with Gasteiger partial charge in [-0.15, -0.1) is 0 Å². The Balaban J connectivity index is 1.97. The number of anilines is 1. The smallest absolute Gasteiger partial charge is 0.242 e. The van der Waals surface area contributed by atoms with E-state index in [0.717, 1.165) is 37.2 Å². The molecular formula is C18H29N3O3S. The van der Waals surface area contributed by atoms with Crippen LogP contribution in [0.3, 0.4) is 0 Å². The van der Waals surface area contributed by atoms with E-state index in [-0.39, 0.29) is 23.4 Å². The zero-order chi connectivity index (χ0) is 18.6. The fraction of sp³-hybridized carbons (Fsp3) is 0.611. The van der Waals surface area contributed by atoms with Gasteiger partial charge in [0.25, 0.3) is 0 Å². The second-order valence-corrected chi connectivity index (χ2v) is 9.29. The van der Waals surface area contributed by atoms with Gasteiger partial charge in [0.2, 0.25) is 15.9 Å². The Labute approximate surface area is 151 Å². The lowest BCUT2D eigenvalue weighted by molar-refractivity contribution is -0.120. The Bertz CT molecular complexity index is 708. The van der Waals surface area contributed by atoms with Gasteiger partial charge >= 0.3 is 0 Å². The fourth-order valence-corrected chi connectivity index (χ4v) is 3.95. The Kier molecular flexibility index (Phi) is 6.46. The predicted octanol–water partition coefficient (Wildman–Crippen LogP) is 2.35. The molecule has 0 radical (unpaired) electrons. The van der Waals surface area contributed by atoms with Crippen molar-refractivity contribution in [1.29, 1.82) is 0 Å². The van der Waals surface area contributed by atoms with Crippen molar-refractivity contribution in [2.45, 2.75) is 50.5 Å². The van der Waals surface area contributed by atoms with Crippen molar-refractivity contribution in [3.05, 3.63) is 23.8 Å². The average molecular weight is 368 g/mol. The number of amides is 1. The highest BCUT2D eigenvalue weighted by Crippen LogP contribution is 2.24. The molecule has 7 heteroatoms. The average Bonchev–Trinajstić information content (AvgIpc) is 2.56. The van der Waals surface area contributed by atoms with Crippen LogP contribution >= 0.6 is 0 Å². The van der Waals surface area contributed by atoms with Crippen molar-refractivity contribution < 1.29 is 13.2 Å². The molecule has 0 saturated heterocycles. The highest BCUT2D eigenvalue weighted by atomic mass is 32.2. The summed E-state index contributed by atoms with van der Waals surface area (Å²) >= 11 is 0. The molecule has 0 aromatic heterocycles. The Hall–Kier alpha value is -1.60. The molecule has 0 heterocycles. The van der Waals surface area contributed by atoms with Gasteiger partial charge in [-0.05, 0) is 56.2 Å².